The van der Waals surface area contributed by atoms with Crippen LogP contribution in [0.5, 0.6) is 0 Å². The zero-order valence-corrected chi connectivity index (χ0v) is 13.9. The maximum atomic E-state index is 3.79. The van der Waals surface area contributed by atoms with Crippen molar-refractivity contribution < 1.29 is 0 Å². The molecule has 1 aromatic heterocycles. The van der Waals surface area contributed by atoms with Gasteiger partial charge in [0.15, 0.2) is 0 Å². The highest BCUT2D eigenvalue weighted by molar-refractivity contribution is 8.07. The van der Waals surface area contributed by atoms with Gasteiger partial charge < -0.3 is 5.32 Å². The summed E-state index contributed by atoms with van der Waals surface area (Å²) in [6.45, 7) is 8.01. The molecule has 0 spiro atoms. The third-order valence-corrected chi connectivity index (χ3v) is 7.66. The largest absolute Gasteiger partial charge is 0.308 e. The van der Waals surface area contributed by atoms with E-state index in [1.54, 1.807) is 4.88 Å². The van der Waals surface area contributed by atoms with Crippen molar-refractivity contribution in [3.8, 4) is 0 Å². The van der Waals surface area contributed by atoms with Crippen molar-refractivity contribution in [2.24, 2.45) is 0 Å². The second kappa shape index (κ2) is 7.22. The van der Waals surface area contributed by atoms with E-state index >= 15 is 0 Å². The van der Waals surface area contributed by atoms with Crippen LogP contribution in [0.2, 0.25) is 0 Å². The Morgan fingerprint density at radius 2 is 2.17 bits per heavy atom. The molecule has 0 radical (unpaired) electrons. The third-order valence-electron chi connectivity index (χ3n) is 3.36. The van der Waals surface area contributed by atoms with Gasteiger partial charge in [-0.05, 0) is 36.9 Å². The van der Waals surface area contributed by atoms with E-state index in [-0.39, 0.29) is 0 Å². The standard InChI is InChI=1S/C14H23NS3/c1-4-6-15-12(13-10(2)5-7-17-13)14-11(3)16-8-9-18-14/h5,7,11-12,14-15H,4,6,8-9H2,1-3H3. The molecule has 4 heteroatoms. The van der Waals surface area contributed by atoms with Gasteiger partial charge in [0, 0.05) is 26.9 Å². The summed E-state index contributed by atoms with van der Waals surface area (Å²) in [6, 6.07) is 2.80. The first-order valence-electron chi connectivity index (χ1n) is 6.74. The van der Waals surface area contributed by atoms with Gasteiger partial charge in [0.1, 0.15) is 0 Å². The predicted octanol–water partition coefficient (Wildman–Crippen LogP) is 4.33. The molecule has 1 nitrogen and oxygen atoms in total. The highest BCUT2D eigenvalue weighted by Crippen LogP contribution is 2.40. The van der Waals surface area contributed by atoms with E-state index in [0.717, 1.165) is 11.8 Å². The molecule has 102 valence electrons. The summed E-state index contributed by atoms with van der Waals surface area (Å²) < 4.78 is 0. The Morgan fingerprint density at radius 3 is 2.78 bits per heavy atom. The summed E-state index contributed by atoms with van der Waals surface area (Å²) in [7, 11) is 0. The molecule has 1 aromatic rings. The van der Waals surface area contributed by atoms with Gasteiger partial charge in [0.25, 0.3) is 0 Å². The summed E-state index contributed by atoms with van der Waals surface area (Å²) in [5, 5.41) is 7.49. The second-order valence-corrected chi connectivity index (χ2v) is 8.53. The first-order valence-corrected chi connectivity index (χ1v) is 9.72. The number of aryl methyl sites for hydroxylation is 1. The topological polar surface area (TPSA) is 12.0 Å². The van der Waals surface area contributed by atoms with Crippen LogP contribution in [0.25, 0.3) is 0 Å². The van der Waals surface area contributed by atoms with Crippen LogP contribution in [-0.2, 0) is 0 Å². The van der Waals surface area contributed by atoms with E-state index in [1.165, 1.54) is 23.5 Å². The molecule has 1 N–H and O–H groups in total. The van der Waals surface area contributed by atoms with Crippen molar-refractivity contribution in [3.05, 3.63) is 21.9 Å². The average molecular weight is 302 g/mol. The normalized spacial score (nSPS) is 26.2. The molecule has 1 aliphatic heterocycles. The fourth-order valence-electron chi connectivity index (χ4n) is 2.38. The lowest BCUT2D eigenvalue weighted by Crippen LogP contribution is -2.38. The van der Waals surface area contributed by atoms with Crippen molar-refractivity contribution in [3.63, 3.8) is 0 Å². The van der Waals surface area contributed by atoms with Gasteiger partial charge in [-0.25, -0.2) is 0 Å². The Hall–Kier alpha value is 0.360. The van der Waals surface area contributed by atoms with Gasteiger partial charge >= 0.3 is 0 Å². The first-order chi connectivity index (χ1) is 8.74. The summed E-state index contributed by atoms with van der Waals surface area (Å²) in [4.78, 5) is 1.55. The molecule has 0 amide bonds. The molecule has 2 heterocycles. The fourth-order valence-corrected chi connectivity index (χ4v) is 6.44. The Balaban J connectivity index is 2.16. The minimum atomic E-state index is 0.540. The maximum absolute atomic E-state index is 3.79. The van der Waals surface area contributed by atoms with Crippen molar-refractivity contribution in [2.75, 3.05) is 18.1 Å². The Labute approximate surface area is 124 Å². The van der Waals surface area contributed by atoms with E-state index in [4.69, 9.17) is 0 Å². The number of hydrogen-bond acceptors (Lipinski definition) is 4. The van der Waals surface area contributed by atoms with Gasteiger partial charge in [-0.2, -0.15) is 23.5 Å². The van der Waals surface area contributed by atoms with Gasteiger partial charge in [-0.3, -0.25) is 0 Å². The first kappa shape index (κ1) is 14.8. The smallest absolute Gasteiger partial charge is 0.0548 e. The van der Waals surface area contributed by atoms with Crippen molar-refractivity contribution in [1.82, 2.24) is 5.32 Å². The lowest BCUT2D eigenvalue weighted by molar-refractivity contribution is 0.514. The fraction of sp³-hybridized carbons (Fsp3) is 0.714. The van der Waals surface area contributed by atoms with Crippen molar-refractivity contribution in [1.29, 1.82) is 0 Å². The molecule has 0 saturated carbocycles. The third kappa shape index (κ3) is 3.47. The van der Waals surface area contributed by atoms with Crippen LogP contribution < -0.4 is 5.32 Å². The van der Waals surface area contributed by atoms with Gasteiger partial charge in [0.05, 0.1) is 6.04 Å². The molecule has 3 unspecified atom stereocenters. The molecule has 1 saturated heterocycles. The van der Waals surface area contributed by atoms with Crippen LogP contribution in [0, 0.1) is 6.92 Å². The molecular weight excluding hydrogens is 278 g/mol. The number of thiophene rings is 1. The van der Waals surface area contributed by atoms with Gasteiger partial charge in [-0.1, -0.05) is 13.8 Å². The van der Waals surface area contributed by atoms with Crippen LogP contribution >= 0.6 is 34.9 Å². The van der Waals surface area contributed by atoms with Crippen LogP contribution in [0.3, 0.4) is 0 Å². The zero-order chi connectivity index (χ0) is 13.0. The van der Waals surface area contributed by atoms with Gasteiger partial charge in [0.2, 0.25) is 0 Å². The number of rotatable bonds is 5. The van der Waals surface area contributed by atoms with Crippen molar-refractivity contribution >= 4 is 34.9 Å². The highest BCUT2D eigenvalue weighted by Gasteiger charge is 2.32. The average Bonchev–Trinajstić information content (AvgIpc) is 2.78. The summed E-state index contributed by atoms with van der Waals surface area (Å²) in [5.74, 6) is 2.61. The molecule has 1 aliphatic rings. The molecule has 3 atom stereocenters. The molecular formula is C14H23NS3. The molecule has 0 aliphatic carbocycles. The number of hydrogen-bond donors (Lipinski definition) is 1. The monoisotopic (exact) mass is 301 g/mol. The second-order valence-electron chi connectivity index (χ2n) is 4.81. The SMILES string of the molecule is CCCNC(c1sccc1C)C1SCCSC1C. The van der Waals surface area contributed by atoms with E-state index in [2.05, 4.69) is 61.1 Å². The minimum absolute atomic E-state index is 0.540. The molecule has 2 rings (SSSR count). The molecule has 0 aromatic carbocycles. The Kier molecular flexibility index (Phi) is 5.93. The molecule has 1 fully saturated rings. The van der Waals surface area contributed by atoms with Crippen LogP contribution in [0.4, 0.5) is 0 Å². The van der Waals surface area contributed by atoms with Crippen LogP contribution in [0.1, 0.15) is 36.8 Å². The van der Waals surface area contributed by atoms with E-state index in [0.29, 0.717) is 11.3 Å². The molecule has 0 bridgehead atoms. The van der Waals surface area contributed by atoms with Crippen molar-refractivity contribution in [2.45, 2.75) is 43.7 Å². The van der Waals surface area contributed by atoms with Gasteiger partial charge in [-0.15, -0.1) is 11.3 Å². The summed E-state index contributed by atoms with van der Waals surface area (Å²) in [5.41, 5.74) is 1.46. The van der Waals surface area contributed by atoms with E-state index in [1.807, 2.05) is 11.3 Å². The number of nitrogens with one attached hydrogen (secondary N) is 1. The highest BCUT2D eigenvalue weighted by atomic mass is 32.2. The predicted molar refractivity (Wildman–Crippen MR) is 88.3 cm³/mol. The zero-order valence-electron chi connectivity index (χ0n) is 11.4. The lowest BCUT2D eigenvalue weighted by atomic mass is 10.1. The summed E-state index contributed by atoms with van der Waals surface area (Å²) in [6.07, 6.45) is 1.21. The van der Waals surface area contributed by atoms with E-state index in [9.17, 15) is 0 Å². The maximum Gasteiger partial charge on any atom is 0.0548 e. The lowest BCUT2D eigenvalue weighted by Gasteiger charge is -2.35. The number of thioether (sulfide) groups is 2. The van der Waals surface area contributed by atoms with Crippen LogP contribution in [-0.4, -0.2) is 28.6 Å². The summed E-state index contributed by atoms with van der Waals surface area (Å²) >= 11 is 6.21. The van der Waals surface area contributed by atoms with Crippen LogP contribution in [0.15, 0.2) is 11.4 Å². The minimum Gasteiger partial charge on any atom is -0.308 e. The van der Waals surface area contributed by atoms with E-state index < -0.39 is 0 Å². The Bertz CT molecular complexity index is 364. The molecule has 18 heavy (non-hydrogen) atoms. The Morgan fingerprint density at radius 1 is 1.39 bits per heavy atom. The quantitative estimate of drug-likeness (QED) is 0.869.